The van der Waals surface area contributed by atoms with Crippen molar-refractivity contribution in [1.82, 2.24) is 15.0 Å². The summed E-state index contributed by atoms with van der Waals surface area (Å²) in [7, 11) is 0. The molecule has 0 aromatic carbocycles. The minimum atomic E-state index is -0.465. The van der Waals surface area contributed by atoms with Crippen LogP contribution in [0.25, 0.3) is 11.3 Å². The SMILES string of the molecule is CCNc1nc(C)c([N+](=O)[O-])c(-c2cccnc2)n1. The molecule has 0 fully saturated rings. The van der Waals surface area contributed by atoms with Crippen molar-refractivity contribution in [1.29, 1.82) is 0 Å². The maximum atomic E-state index is 11.2. The van der Waals surface area contributed by atoms with Gasteiger partial charge in [-0.1, -0.05) is 0 Å². The van der Waals surface area contributed by atoms with Crippen LogP contribution < -0.4 is 5.32 Å². The first-order chi connectivity index (χ1) is 9.13. The number of anilines is 1. The van der Waals surface area contributed by atoms with E-state index in [2.05, 4.69) is 20.3 Å². The van der Waals surface area contributed by atoms with Crippen LogP contribution in [0.1, 0.15) is 12.6 Å². The van der Waals surface area contributed by atoms with E-state index in [-0.39, 0.29) is 11.4 Å². The maximum absolute atomic E-state index is 11.2. The molecular formula is C12H13N5O2. The Balaban J connectivity index is 2.65. The number of rotatable bonds is 4. The molecule has 0 aliphatic rings. The first-order valence-electron chi connectivity index (χ1n) is 5.80. The van der Waals surface area contributed by atoms with Gasteiger partial charge in [-0.3, -0.25) is 15.1 Å². The van der Waals surface area contributed by atoms with Crippen molar-refractivity contribution in [3.8, 4) is 11.3 Å². The Labute approximate surface area is 109 Å². The molecule has 7 heteroatoms. The van der Waals surface area contributed by atoms with Crippen molar-refractivity contribution < 1.29 is 4.92 Å². The fraction of sp³-hybridized carbons (Fsp3) is 0.250. The fourth-order valence-corrected chi connectivity index (χ4v) is 1.73. The molecule has 2 aromatic rings. The highest BCUT2D eigenvalue weighted by atomic mass is 16.6. The molecule has 0 atom stereocenters. The molecule has 2 aromatic heterocycles. The number of nitrogens with zero attached hydrogens (tertiary/aromatic N) is 4. The second-order valence-corrected chi connectivity index (χ2v) is 3.86. The minimum Gasteiger partial charge on any atom is -0.354 e. The normalized spacial score (nSPS) is 10.2. The molecule has 2 heterocycles. The van der Waals surface area contributed by atoms with Gasteiger partial charge in [0, 0.05) is 24.5 Å². The van der Waals surface area contributed by atoms with Gasteiger partial charge in [0.2, 0.25) is 5.95 Å². The lowest BCUT2D eigenvalue weighted by Gasteiger charge is -2.07. The van der Waals surface area contributed by atoms with Gasteiger partial charge >= 0.3 is 5.69 Å². The highest BCUT2D eigenvalue weighted by Crippen LogP contribution is 2.30. The zero-order chi connectivity index (χ0) is 13.8. The number of pyridine rings is 1. The van der Waals surface area contributed by atoms with E-state index in [0.29, 0.717) is 23.8 Å². The van der Waals surface area contributed by atoms with E-state index in [4.69, 9.17) is 0 Å². The number of hydrogen-bond acceptors (Lipinski definition) is 6. The predicted octanol–water partition coefficient (Wildman–Crippen LogP) is 2.19. The standard InChI is InChI=1S/C12H13N5O2/c1-3-14-12-15-8(2)11(17(18)19)10(16-12)9-5-4-6-13-7-9/h4-7H,3H2,1-2H3,(H,14,15,16). The topological polar surface area (TPSA) is 93.8 Å². The van der Waals surface area contributed by atoms with Gasteiger partial charge in [-0.05, 0) is 26.0 Å². The first-order valence-corrected chi connectivity index (χ1v) is 5.80. The zero-order valence-electron chi connectivity index (χ0n) is 10.6. The van der Waals surface area contributed by atoms with Crippen LogP contribution in [0.3, 0.4) is 0 Å². The van der Waals surface area contributed by atoms with Gasteiger partial charge in [0.25, 0.3) is 0 Å². The Bertz CT molecular complexity index is 601. The molecule has 1 N–H and O–H groups in total. The molecule has 0 aliphatic heterocycles. The molecule has 7 nitrogen and oxygen atoms in total. The van der Waals surface area contributed by atoms with Crippen LogP contribution in [0.2, 0.25) is 0 Å². The van der Waals surface area contributed by atoms with Gasteiger partial charge in [-0.2, -0.15) is 0 Å². The second-order valence-electron chi connectivity index (χ2n) is 3.86. The lowest BCUT2D eigenvalue weighted by molar-refractivity contribution is -0.385. The van der Waals surface area contributed by atoms with Crippen LogP contribution >= 0.6 is 0 Å². The minimum absolute atomic E-state index is 0.0883. The molecule has 0 radical (unpaired) electrons. The number of nitrogens with one attached hydrogen (secondary N) is 1. The fourth-order valence-electron chi connectivity index (χ4n) is 1.73. The van der Waals surface area contributed by atoms with Crippen LogP contribution in [0.4, 0.5) is 11.6 Å². The molecule has 98 valence electrons. The van der Waals surface area contributed by atoms with E-state index in [1.807, 2.05) is 6.92 Å². The van der Waals surface area contributed by atoms with E-state index in [1.165, 1.54) is 0 Å². The zero-order valence-corrected chi connectivity index (χ0v) is 10.6. The summed E-state index contributed by atoms with van der Waals surface area (Å²) in [5.41, 5.74) is 1.12. The lowest BCUT2D eigenvalue weighted by Crippen LogP contribution is -2.07. The molecule has 0 aliphatic carbocycles. The Kier molecular flexibility index (Phi) is 3.65. The summed E-state index contributed by atoms with van der Waals surface area (Å²) in [4.78, 5) is 23.0. The molecule has 0 amide bonds. The van der Waals surface area contributed by atoms with Gasteiger partial charge in [0.15, 0.2) is 5.69 Å². The summed E-state index contributed by atoms with van der Waals surface area (Å²) in [6.07, 6.45) is 3.15. The number of hydrogen-bond donors (Lipinski definition) is 1. The third kappa shape index (κ3) is 2.65. The predicted molar refractivity (Wildman–Crippen MR) is 70.8 cm³/mol. The third-order valence-electron chi connectivity index (χ3n) is 2.51. The molecule has 0 saturated carbocycles. The van der Waals surface area contributed by atoms with E-state index in [0.717, 1.165) is 0 Å². The summed E-state index contributed by atoms with van der Waals surface area (Å²) < 4.78 is 0. The Hall–Kier alpha value is -2.57. The summed E-state index contributed by atoms with van der Waals surface area (Å²) in [5.74, 6) is 0.379. The van der Waals surface area contributed by atoms with E-state index < -0.39 is 4.92 Å². The van der Waals surface area contributed by atoms with Crippen molar-refractivity contribution in [2.75, 3.05) is 11.9 Å². The first kappa shape index (κ1) is 12.9. The van der Waals surface area contributed by atoms with Crippen molar-refractivity contribution in [2.24, 2.45) is 0 Å². The highest BCUT2D eigenvalue weighted by Gasteiger charge is 2.23. The highest BCUT2D eigenvalue weighted by molar-refractivity contribution is 5.71. The van der Waals surface area contributed by atoms with Crippen LogP contribution in [0, 0.1) is 17.0 Å². The molecule has 0 bridgehead atoms. The molecule has 0 unspecified atom stereocenters. The molecule has 0 spiro atoms. The summed E-state index contributed by atoms with van der Waals surface area (Å²) in [5, 5.41) is 14.1. The molecule has 0 saturated heterocycles. The summed E-state index contributed by atoms with van der Waals surface area (Å²) in [6.45, 7) is 4.15. The van der Waals surface area contributed by atoms with Crippen LogP contribution in [-0.2, 0) is 0 Å². The van der Waals surface area contributed by atoms with Gasteiger partial charge in [-0.15, -0.1) is 0 Å². The second kappa shape index (κ2) is 5.38. The van der Waals surface area contributed by atoms with E-state index >= 15 is 0 Å². The quantitative estimate of drug-likeness (QED) is 0.668. The Morgan fingerprint density at radius 1 is 1.42 bits per heavy atom. The van der Waals surface area contributed by atoms with Gasteiger partial charge in [-0.25, -0.2) is 9.97 Å². The Morgan fingerprint density at radius 3 is 2.79 bits per heavy atom. The lowest BCUT2D eigenvalue weighted by atomic mass is 10.1. The number of aryl methyl sites for hydroxylation is 1. The Morgan fingerprint density at radius 2 is 2.21 bits per heavy atom. The largest absolute Gasteiger partial charge is 0.354 e. The van der Waals surface area contributed by atoms with E-state index in [1.54, 1.807) is 31.5 Å². The monoisotopic (exact) mass is 259 g/mol. The average Bonchev–Trinajstić information content (AvgIpc) is 2.39. The molecular weight excluding hydrogens is 246 g/mol. The van der Waals surface area contributed by atoms with Crippen LogP contribution in [-0.4, -0.2) is 26.4 Å². The molecule has 19 heavy (non-hydrogen) atoms. The number of nitro groups is 1. The van der Waals surface area contributed by atoms with E-state index in [9.17, 15) is 10.1 Å². The van der Waals surface area contributed by atoms with Gasteiger partial charge in [0.1, 0.15) is 5.69 Å². The van der Waals surface area contributed by atoms with Gasteiger partial charge in [0.05, 0.1) is 4.92 Å². The van der Waals surface area contributed by atoms with Crippen molar-refractivity contribution in [2.45, 2.75) is 13.8 Å². The van der Waals surface area contributed by atoms with Crippen LogP contribution in [0.5, 0.6) is 0 Å². The van der Waals surface area contributed by atoms with Crippen molar-refractivity contribution in [3.63, 3.8) is 0 Å². The van der Waals surface area contributed by atoms with Crippen LogP contribution in [0.15, 0.2) is 24.5 Å². The third-order valence-corrected chi connectivity index (χ3v) is 2.51. The summed E-state index contributed by atoms with van der Waals surface area (Å²) >= 11 is 0. The number of aromatic nitrogens is 3. The van der Waals surface area contributed by atoms with Crippen molar-refractivity contribution in [3.05, 3.63) is 40.3 Å². The molecule has 2 rings (SSSR count). The van der Waals surface area contributed by atoms with Gasteiger partial charge < -0.3 is 5.32 Å². The summed E-state index contributed by atoms with van der Waals surface area (Å²) in [6, 6.07) is 3.45. The van der Waals surface area contributed by atoms with Crippen molar-refractivity contribution >= 4 is 11.6 Å². The average molecular weight is 259 g/mol. The smallest absolute Gasteiger partial charge is 0.316 e. The maximum Gasteiger partial charge on any atom is 0.316 e.